The summed E-state index contributed by atoms with van der Waals surface area (Å²) in [5, 5.41) is 3.09. The van der Waals surface area contributed by atoms with E-state index in [1.54, 1.807) is 18.2 Å². The molecule has 0 aliphatic carbocycles. The van der Waals surface area contributed by atoms with E-state index < -0.39 is 0 Å². The Hall–Kier alpha value is -3.16. The lowest BCUT2D eigenvalue weighted by molar-refractivity contribution is -0.122. The third kappa shape index (κ3) is 5.68. The Balaban J connectivity index is 1.43. The third-order valence-electron chi connectivity index (χ3n) is 5.10. The van der Waals surface area contributed by atoms with Gasteiger partial charge in [-0.3, -0.25) is 14.6 Å². The maximum absolute atomic E-state index is 12.4. The van der Waals surface area contributed by atoms with Gasteiger partial charge in [0, 0.05) is 37.9 Å². The Bertz CT molecular complexity index is 851. The number of nitrogens with one attached hydrogen (secondary N) is 1. The maximum atomic E-state index is 12.4. The molecule has 1 N–H and O–H groups in total. The van der Waals surface area contributed by atoms with Crippen LogP contribution >= 0.6 is 0 Å². The second-order valence-electron chi connectivity index (χ2n) is 7.14. The van der Waals surface area contributed by atoms with Crippen LogP contribution in [0, 0.1) is 0 Å². The smallest absolute Gasteiger partial charge is 0.274 e. The van der Waals surface area contributed by atoms with Crippen LogP contribution in [-0.2, 0) is 11.2 Å². The van der Waals surface area contributed by atoms with Gasteiger partial charge in [0.15, 0.2) is 11.5 Å². The molecule has 8 heteroatoms. The highest BCUT2D eigenvalue weighted by Gasteiger charge is 2.25. The lowest BCUT2D eigenvalue weighted by Gasteiger charge is -2.32. The number of likely N-dealkylation sites (tertiary alicyclic amines) is 1. The van der Waals surface area contributed by atoms with Gasteiger partial charge in [0.25, 0.3) is 5.91 Å². The van der Waals surface area contributed by atoms with Crippen LogP contribution in [0.15, 0.2) is 36.8 Å². The van der Waals surface area contributed by atoms with Crippen molar-refractivity contribution < 1.29 is 19.1 Å². The van der Waals surface area contributed by atoms with Gasteiger partial charge in [-0.15, -0.1) is 0 Å². The highest BCUT2D eigenvalue weighted by atomic mass is 16.5. The summed E-state index contributed by atoms with van der Waals surface area (Å²) in [5.41, 5.74) is 1.38. The molecule has 0 bridgehead atoms. The molecule has 0 unspecified atom stereocenters. The number of rotatable bonds is 8. The third-order valence-corrected chi connectivity index (χ3v) is 5.10. The van der Waals surface area contributed by atoms with Crippen LogP contribution < -0.4 is 14.8 Å². The Morgan fingerprint density at radius 2 is 2.00 bits per heavy atom. The number of amides is 2. The van der Waals surface area contributed by atoms with Crippen LogP contribution in [0.4, 0.5) is 0 Å². The standard InChI is InChI=1S/C22H28N4O4/c1-3-30-19-6-4-16(14-20(19)29-2)5-7-21(27)25-17-8-12-26(13-9-17)22(28)18-15-23-10-11-24-18/h4,6,10-11,14-15,17H,3,5,7-9,12-13H2,1-2H3,(H,25,27). The van der Waals surface area contributed by atoms with Gasteiger partial charge in [0.05, 0.1) is 19.9 Å². The molecule has 1 aromatic heterocycles. The molecule has 0 radical (unpaired) electrons. The average molecular weight is 412 g/mol. The molecule has 1 aliphatic rings. The van der Waals surface area contributed by atoms with E-state index in [1.807, 2.05) is 25.1 Å². The molecule has 30 heavy (non-hydrogen) atoms. The molecule has 0 spiro atoms. The number of carbonyl (C=O) groups excluding carboxylic acids is 2. The SMILES string of the molecule is CCOc1ccc(CCC(=O)NC2CCN(C(=O)c3cnccn3)CC2)cc1OC. The molecule has 3 rings (SSSR count). The van der Waals surface area contributed by atoms with E-state index in [2.05, 4.69) is 15.3 Å². The summed E-state index contributed by atoms with van der Waals surface area (Å²) in [6.45, 7) is 3.68. The Labute approximate surface area is 176 Å². The van der Waals surface area contributed by atoms with Gasteiger partial charge in [-0.25, -0.2) is 4.98 Å². The van der Waals surface area contributed by atoms with Crippen LogP contribution in [0.1, 0.15) is 42.2 Å². The molecule has 2 amide bonds. The number of benzene rings is 1. The van der Waals surface area contributed by atoms with Gasteiger partial charge < -0.3 is 19.7 Å². The fourth-order valence-corrected chi connectivity index (χ4v) is 3.50. The van der Waals surface area contributed by atoms with Crippen LogP contribution in [0.3, 0.4) is 0 Å². The number of carbonyl (C=O) groups is 2. The van der Waals surface area contributed by atoms with E-state index in [4.69, 9.17) is 9.47 Å². The van der Waals surface area contributed by atoms with Crippen molar-refractivity contribution in [3.05, 3.63) is 48.0 Å². The number of ether oxygens (including phenoxy) is 2. The van der Waals surface area contributed by atoms with Gasteiger partial charge in [-0.05, 0) is 43.9 Å². The van der Waals surface area contributed by atoms with Crippen molar-refractivity contribution in [1.29, 1.82) is 0 Å². The monoisotopic (exact) mass is 412 g/mol. The van der Waals surface area contributed by atoms with Crippen molar-refractivity contribution >= 4 is 11.8 Å². The summed E-state index contributed by atoms with van der Waals surface area (Å²) in [4.78, 5) is 34.6. The average Bonchev–Trinajstić information content (AvgIpc) is 2.79. The van der Waals surface area contributed by atoms with E-state index in [-0.39, 0.29) is 17.9 Å². The fraction of sp³-hybridized carbons (Fsp3) is 0.455. The largest absolute Gasteiger partial charge is 0.493 e. The number of aryl methyl sites for hydroxylation is 1. The fourth-order valence-electron chi connectivity index (χ4n) is 3.50. The van der Waals surface area contributed by atoms with Gasteiger partial charge in [-0.2, -0.15) is 0 Å². The van der Waals surface area contributed by atoms with Gasteiger partial charge in [0.2, 0.25) is 5.91 Å². The first-order valence-corrected chi connectivity index (χ1v) is 10.2. The number of piperidine rings is 1. The zero-order valence-electron chi connectivity index (χ0n) is 17.5. The highest BCUT2D eigenvalue weighted by molar-refractivity contribution is 5.92. The first-order chi connectivity index (χ1) is 14.6. The predicted molar refractivity (Wildman–Crippen MR) is 112 cm³/mol. The van der Waals surface area contributed by atoms with Crippen molar-refractivity contribution in [2.24, 2.45) is 0 Å². The van der Waals surface area contributed by atoms with Crippen molar-refractivity contribution in [2.45, 2.75) is 38.6 Å². The van der Waals surface area contributed by atoms with Gasteiger partial charge >= 0.3 is 0 Å². The Morgan fingerprint density at radius 1 is 1.20 bits per heavy atom. The molecule has 8 nitrogen and oxygen atoms in total. The van der Waals surface area contributed by atoms with Crippen molar-refractivity contribution in [3.63, 3.8) is 0 Å². The molecule has 1 aliphatic heterocycles. The molecule has 160 valence electrons. The molecular formula is C22H28N4O4. The number of aromatic nitrogens is 2. The van der Waals surface area contributed by atoms with Crippen LogP contribution in [0.2, 0.25) is 0 Å². The molecule has 2 aromatic rings. The molecular weight excluding hydrogens is 384 g/mol. The van der Waals surface area contributed by atoms with E-state index in [0.29, 0.717) is 49.7 Å². The lowest BCUT2D eigenvalue weighted by Crippen LogP contribution is -2.46. The number of nitrogens with zero attached hydrogens (tertiary/aromatic N) is 3. The van der Waals surface area contributed by atoms with Crippen LogP contribution in [0.5, 0.6) is 11.5 Å². The normalized spacial score (nSPS) is 14.3. The summed E-state index contributed by atoms with van der Waals surface area (Å²) in [6.07, 6.45) is 7.02. The van der Waals surface area contributed by atoms with E-state index >= 15 is 0 Å². The first-order valence-electron chi connectivity index (χ1n) is 10.2. The number of methoxy groups -OCH3 is 1. The highest BCUT2D eigenvalue weighted by Crippen LogP contribution is 2.28. The Morgan fingerprint density at radius 3 is 2.67 bits per heavy atom. The minimum absolute atomic E-state index is 0.0153. The van der Waals surface area contributed by atoms with E-state index in [0.717, 1.165) is 18.4 Å². The van der Waals surface area contributed by atoms with E-state index in [9.17, 15) is 9.59 Å². The van der Waals surface area contributed by atoms with Gasteiger partial charge in [0.1, 0.15) is 5.69 Å². The summed E-state index contributed by atoms with van der Waals surface area (Å²) in [5.74, 6) is 1.28. The summed E-state index contributed by atoms with van der Waals surface area (Å²) in [6, 6.07) is 5.82. The zero-order valence-corrected chi connectivity index (χ0v) is 17.5. The summed E-state index contributed by atoms with van der Waals surface area (Å²) < 4.78 is 10.9. The topological polar surface area (TPSA) is 93.7 Å². The molecule has 2 heterocycles. The molecule has 1 aromatic carbocycles. The number of hydrogen-bond donors (Lipinski definition) is 1. The number of hydrogen-bond acceptors (Lipinski definition) is 6. The zero-order chi connectivity index (χ0) is 21.3. The molecule has 0 atom stereocenters. The quantitative estimate of drug-likeness (QED) is 0.715. The van der Waals surface area contributed by atoms with E-state index in [1.165, 1.54) is 12.4 Å². The first kappa shape index (κ1) is 21.5. The lowest BCUT2D eigenvalue weighted by atomic mass is 10.0. The van der Waals surface area contributed by atoms with Crippen molar-refractivity contribution in [3.8, 4) is 11.5 Å². The van der Waals surface area contributed by atoms with Crippen molar-refractivity contribution in [1.82, 2.24) is 20.2 Å². The minimum Gasteiger partial charge on any atom is -0.493 e. The summed E-state index contributed by atoms with van der Waals surface area (Å²) >= 11 is 0. The van der Waals surface area contributed by atoms with Gasteiger partial charge in [-0.1, -0.05) is 6.07 Å². The second-order valence-corrected chi connectivity index (χ2v) is 7.14. The molecule has 1 fully saturated rings. The van der Waals surface area contributed by atoms with Crippen LogP contribution in [-0.4, -0.2) is 59.5 Å². The Kier molecular flexibility index (Phi) is 7.59. The summed E-state index contributed by atoms with van der Waals surface area (Å²) in [7, 11) is 1.61. The van der Waals surface area contributed by atoms with Crippen LogP contribution in [0.25, 0.3) is 0 Å². The molecule has 0 saturated carbocycles. The molecule has 1 saturated heterocycles. The minimum atomic E-state index is -0.114. The predicted octanol–water partition coefficient (Wildman–Crippen LogP) is 2.24. The second kappa shape index (κ2) is 10.6. The maximum Gasteiger partial charge on any atom is 0.274 e. The van der Waals surface area contributed by atoms with Crippen molar-refractivity contribution in [2.75, 3.05) is 26.8 Å².